The van der Waals surface area contributed by atoms with Crippen LogP contribution < -0.4 is 17.0 Å². The van der Waals surface area contributed by atoms with Crippen LogP contribution in [0.4, 0.5) is 24.9 Å². The number of hydrogen-bond donors (Lipinski definition) is 6. The van der Waals surface area contributed by atoms with E-state index in [-0.39, 0.29) is 22.5 Å². The number of nitrogens with zero attached hydrogens (tertiary/aromatic N) is 7. The maximum atomic E-state index is 16.1. The first-order chi connectivity index (χ1) is 20.2. The van der Waals surface area contributed by atoms with Crippen LogP contribution in [0.1, 0.15) is 0 Å². The van der Waals surface area contributed by atoms with Gasteiger partial charge in [0.25, 0.3) is 5.56 Å². The van der Waals surface area contributed by atoms with Gasteiger partial charge in [-0.15, -0.1) is 11.8 Å². The molecule has 6 heterocycles. The van der Waals surface area contributed by atoms with Crippen molar-refractivity contribution >= 4 is 64.4 Å². The Morgan fingerprint density at radius 2 is 1.91 bits per heavy atom. The van der Waals surface area contributed by atoms with Gasteiger partial charge in [-0.1, -0.05) is 0 Å². The van der Waals surface area contributed by atoms with Crippen LogP contribution in [0.25, 0.3) is 22.3 Å². The Hall–Kier alpha value is -2.95. The molecule has 0 amide bonds. The van der Waals surface area contributed by atoms with Crippen LogP contribution in [0.3, 0.4) is 0 Å². The van der Waals surface area contributed by atoms with Gasteiger partial charge in [-0.2, -0.15) is 13.8 Å². The van der Waals surface area contributed by atoms with Crippen molar-refractivity contribution in [1.29, 1.82) is 0 Å². The van der Waals surface area contributed by atoms with Crippen molar-refractivity contribution in [2.75, 3.05) is 37.0 Å². The minimum Gasteiger partial charge on any atom is -0.395 e. The molecule has 232 valence electrons. The highest BCUT2D eigenvalue weighted by Crippen LogP contribution is 2.60. The van der Waals surface area contributed by atoms with Crippen molar-refractivity contribution in [2.24, 2.45) is 0 Å². The summed E-state index contributed by atoms with van der Waals surface area (Å²) < 4.78 is 65.7. The summed E-state index contributed by atoms with van der Waals surface area (Å²) in [7, 11) is 0. The molecule has 2 aliphatic heterocycles. The van der Waals surface area contributed by atoms with E-state index in [1.165, 1.54) is 0 Å². The van der Waals surface area contributed by atoms with E-state index in [9.17, 15) is 19.9 Å². The zero-order valence-corrected chi connectivity index (χ0v) is 24.0. The Morgan fingerprint density at radius 1 is 1.19 bits per heavy atom. The highest BCUT2D eigenvalue weighted by molar-refractivity contribution is 8.07. The molecule has 2 aliphatic rings. The SMILES string of the molecule is Nc1nc2c(ncn2[C@]2(OP(O)(=S)OC[C@H]3OC[C@@](F)(n4cnc5c(N)ncnc54)[C@@H]3O)CS[C@H](CO)C2(F)F)c(=O)[nH]1. The molecule has 2 fully saturated rings. The lowest BCUT2D eigenvalue weighted by molar-refractivity contribution is -0.197. The molecule has 6 atom stereocenters. The fourth-order valence-corrected chi connectivity index (χ4v) is 7.93. The molecule has 0 spiro atoms. The minimum absolute atomic E-state index is 0.0221. The Balaban J connectivity index is 1.28. The minimum atomic E-state index is -4.70. The molecule has 0 saturated carbocycles. The number of rotatable bonds is 8. The average molecular weight is 667 g/mol. The maximum Gasteiger partial charge on any atom is 0.327 e. The molecule has 4 aromatic heterocycles. The second-order valence-electron chi connectivity index (χ2n) is 9.64. The number of imidazole rings is 2. The molecule has 4 aromatic rings. The number of fused-ring (bicyclic) bond motifs is 2. The summed E-state index contributed by atoms with van der Waals surface area (Å²) in [4.78, 5) is 44.9. The van der Waals surface area contributed by atoms with Crippen molar-refractivity contribution < 1.29 is 42.1 Å². The lowest BCUT2D eigenvalue weighted by Crippen LogP contribution is -2.54. The van der Waals surface area contributed by atoms with Crippen LogP contribution in [0.15, 0.2) is 23.8 Å². The highest BCUT2D eigenvalue weighted by atomic mass is 32.5. The normalized spacial score (nSPS) is 30.3. The number of nitrogens with two attached hydrogens (primary N) is 2. The molecule has 2 saturated heterocycles. The molecule has 0 bridgehead atoms. The Morgan fingerprint density at radius 3 is 2.63 bits per heavy atom. The summed E-state index contributed by atoms with van der Waals surface area (Å²) in [6, 6.07) is 0. The number of hydrogen-bond acceptors (Lipinski definition) is 15. The van der Waals surface area contributed by atoms with Gasteiger partial charge in [-0.25, -0.2) is 24.3 Å². The van der Waals surface area contributed by atoms with Crippen molar-refractivity contribution in [3.63, 3.8) is 0 Å². The fraction of sp³-hybridized carbons (Fsp3) is 0.500. The molecule has 0 aromatic carbocycles. The van der Waals surface area contributed by atoms with Gasteiger partial charge in [0.05, 0.1) is 31.1 Å². The molecule has 0 aliphatic carbocycles. The average Bonchev–Trinajstić information content (AvgIpc) is 3.68. The zero-order chi connectivity index (χ0) is 30.9. The largest absolute Gasteiger partial charge is 0.395 e. The van der Waals surface area contributed by atoms with E-state index in [2.05, 4.69) is 29.9 Å². The van der Waals surface area contributed by atoms with Crippen LogP contribution in [-0.4, -0.2) is 103 Å². The first-order valence-corrected chi connectivity index (χ1v) is 15.8. The third-order valence-electron chi connectivity index (χ3n) is 7.12. The molecule has 6 rings (SSSR count). The van der Waals surface area contributed by atoms with Crippen molar-refractivity contribution in [3.05, 3.63) is 29.3 Å². The Kier molecular flexibility index (Phi) is 7.22. The van der Waals surface area contributed by atoms with E-state index in [4.69, 9.17) is 37.1 Å². The summed E-state index contributed by atoms with van der Waals surface area (Å²) in [6.07, 6.45) is -0.438. The number of thioether (sulfide) groups is 1. The van der Waals surface area contributed by atoms with E-state index in [0.29, 0.717) is 16.3 Å². The number of halogens is 3. The van der Waals surface area contributed by atoms with Crippen molar-refractivity contribution in [2.45, 2.75) is 34.9 Å². The maximum absolute atomic E-state index is 16.1. The van der Waals surface area contributed by atoms with Gasteiger partial charge in [-0.3, -0.25) is 23.4 Å². The van der Waals surface area contributed by atoms with Gasteiger partial charge < -0.3 is 35.8 Å². The van der Waals surface area contributed by atoms with Gasteiger partial charge >= 0.3 is 12.6 Å². The van der Waals surface area contributed by atoms with Crippen molar-refractivity contribution in [1.82, 2.24) is 39.0 Å². The van der Waals surface area contributed by atoms with Crippen LogP contribution in [0.2, 0.25) is 0 Å². The number of aromatic amines is 1. The monoisotopic (exact) mass is 666 g/mol. The molecule has 23 heteroatoms. The summed E-state index contributed by atoms with van der Waals surface area (Å²) in [5, 5.41) is 18.8. The molecule has 17 nitrogen and oxygen atoms in total. The van der Waals surface area contributed by atoms with Crippen LogP contribution in [-0.2, 0) is 37.1 Å². The molecule has 0 radical (unpaired) electrons. The quantitative estimate of drug-likeness (QED) is 0.125. The second-order valence-corrected chi connectivity index (χ2v) is 13.6. The van der Waals surface area contributed by atoms with E-state index in [1.54, 1.807) is 0 Å². The zero-order valence-electron chi connectivity index (χ0n) is 21.4. The van der Waals surface area contributed by atoms with E-state index in [1.807, 2.05) is 0 Å². The van der Waals surface area contributed by atoms with Gasteiger partial charge in [0.15, 0.2) is 22.6 Å². The second kappa shape index (κ2) is 10.3. The number of aromatic nitrogens is 8. The Labute approximate surface area is 246 Å². The summed E-state index contributed by atoms with van der Waals surface area (Å²) in [6.45, 7) is -7.19. The smallest absolute Gasteiger partial charge is 0.327 e. The topological polar surface area (TPSA) is 248 Å². The standard InChI is InChI=1S/C20H22F3N10O7PS2/c21-18(32-6-28-10-13(24)26-5-27-14(10)32)3-38-8(12(18)35)2-39-41(37,42)40-19(4-43-9(1-34)20(19,22)23)33-7-29-11-15(33)30-17(25)31-16(11)36/h5-9,12,34-35H,1-4H2,(H,37,42)(H2,24,26,27)(H3,25,30,31,36)/t8-,9-,12-,18-,19+,41?/m1/s1. The number of H-pyrrole nitrogens is 1. The fourth-order valence-electron chi connectivity index (χ4n) is 4.93. The van der Waals surface area contributed by atoms with E-state index in [0.717, 1.165) is 23.5 Å². The number of nitrogens with one attached hydrogen (secondary N) is 1. The highest BCUT2D eigenvalue weighted by Gasteiger charge is 2.68. The number of nitrogen functional groups attached to an aromatic ring is 2. The van der Waals surface area contributed by atoms with E-state index >= 15 is 13.2 Å². The first-order valence-electron chi connectivity index (χ1n) is 12.2. The summed E-state index contributed by atoms with van der Waals surface area (Å²) >= 11 is 5.66. The van der Waals surface area contributed by atoms with Gasteiger partial charge in [0, 0.05) is 5.75 Å². The molecular formula is C20H22F3N10O7PS2. The summed E-state index contributed by atoms with van der Waals surface area (Å²) in [5.74, 6) is -7.61. The third-order valence-corrected chi connectivity index (χ3v) is 10.1. The summed E-state index contributed by atoms with van der Waals surface area (Å²) in [5.41, 5.74) is 6.94. The predicted octanol–water partition coefficient (Wildman–Crippen LogP) is -0.848. The van der Waals surface area contributed by atoms with E-state index < -0.39 is 84.3 Å². The van der Waals surface area contributed by atoms with Crippen molar-refractivity contribution in [3.8, 4) is 0 Å². The number of ether oxygens (including phenoxy) is 1. The first kappa shape index (κ1) is 30.1. The van der Waals surface area contributed by atoms with Crippen LogP contribution >= 0.6 is 18.5 Å². The van der Waals surface area contributed by atoms with Gasteiger partial charge in [-0.05, 0) is 11.8 Å². The number of alkyl halides is 3. The molecule has 8 N–H and O–H groups in total. The molecular weight excluding hydrogens is 644 g/mol. The van der Waals surface area contributed by atoms with Gasteiger partial charge in [0.1, 0.15) is 30.7 Å². The van der Waals surface area contributed by atoms with Gasteiger partial charge in [0.2, 0.25) is 17.5 Å². The lowest BCUT2D eigenvalue weighted by atomic mass is 10.0. The third kappa shape index (κ3) is 4.59. The predicted molar refractivity (Wildman–Crippen MR) is 147 cm³/mol. The number of aliphatic hydroxyl groups is 2. The molecule has 43 heavy (non-hydrogen) atoms. The lowest BCUT2D eigenvalue weighted by Gasteiger charge is -2.38. The number of anilines is 2. The number of aliphatic hydroxyl groups excluding tert-OH is 2. The Bertz CT molecular complexity index is 1830. The van der Waals surface area contributed by atoms with Crippen LogP contribution in [0, 0.1) is 0 Å². The van der Waals surface area contributed by atoms with Crippen LogP contribution in [0.5, 0.6) is 0 Å². The molecule has 1 unspecified atom stereocenters.